The number of nitrogens with zero attached hydrogens (tertiary/aromatic N) is 2. The van der Waals surface area contributed by atoms with Gasteiger partial charge in [0.2, 0.25) is 0 Å². The van der Waals surface area contributed by atoms with Crippen LogP contribution in [0, 0.1) is 19.1 Å². The number of benzene rings is 1. The van der Waals surface area contributed by atoms with Crippen molar-refractivity contribution in [1.82, 2.24) is 0 Å². The first-order valence-corrected chi connectivity index (χ1v) is 7.77. The van der Waals surface area contributed by atoms with Crippen LogP contribution in [0.15, 0.2) is 18.2 Å². The number of hydrogen-bond donors (Lipinski definition) is 1. The molecule has 0 radical (unpaired) electrons. The summed E-state index contributed by atoms with van der Waals surface area (Å²) in [5.41, 5.74) is 6.99. The van der Waals surface area contributed by atoms with Gasteiger partial charge in [0.25, 0.3) is 5.69 Å². The fourth-order valence-corrected chi connectivity index (χ4v) is 2.69. The maximum atomic E-state index is 10.9. The minimum Gasteiger partial charge on any atom is -0.371 e. The standard InChI is InChI=1S/C14H22IN3O2/c1-4-7-17(10-14(2,3)9-16)11-5-6-13(18(19)20)12(15)8-11/h5-6,8H,4,7,9-10,16H2,1-3H3. The van der Waals surface area contributed by atoms with Crippen LogP contribution < -0.4 is 10.6 Å². The van der Waals surface area contributed by atoms with Gasteiger partial charge in [0, 0.05) is 24.8 Å². The molecule has 0 fully saturated rings. The van der Waals surface area contributed by atoms with Gasteiger partial charge in [0.05, 0.1) is 8.49 Å². The second-order valence-corrected chi connectivity index (χ2v) is 6.84. The zero-order valence-electron chi connectivity index (χ0n) is 12.2. The van der Waals surface area contributed by atoms with E-state index in [-0.39, 0.29) is 16.0 Å². The average Bonchev–Trinajstić information content (AvgIpc) is 2.37. The monoisotopic (exact) mass is 391 g/mol. The van der Waals surface area contributed by atoms with Crippen molar-refractivity contribution in [2.75, 3.05) is 24.5 Å². The Morgan fingerprint density at radius 1 is 1.45 bits per heavy atom. The Kier molecular flexibility index (Phi) is 6.19. The molecule has 0 unspecified atom stereocenters. The van der Waals surface area contributed by atoms with Crippen LogP contribution in [0.3, 0.4) is 0 Å². The number of nitrogens with two attached hydrogens (primary N) is 1. The maximum absolute atomic E-state index is 10.9. The third-order valence-corrected chi connectivity index (χ3v) is 4.02. The lowest BCUT2D eigenvalue weighted by Crippen LogP contribution is -2.39. The molecule has 0 spiro atoms. The predicted molar refractivity (Wildman–Crippen MR) is 91.2 cm³/mol. The maximum Gasteiger partial charge on any atom is 0.282 e. The van der Waals surface area contributed by atoms with E-state index in [0.29, 0.717) is 10.1 Å². The summed E-state index contributed by atoms with van der Waals surface area (Å²) in [5, 5.41) is 10.9. The Balaban J connectivity index is 3.03. The molecule has 0 aromatic heterocycles. The highest BCUT2D eigenvalue weighted by molar-refractivity contribution is 14.1. The Bertz CT molecular complexity index is 477. The molecule has 1 aromatic carbocycles. The lowest BCUT2D eigenvalue weighted by atomic mass is 9.92. The first kappa shape index (κ1) is 17.2. The van der Waals surface area contributed by atoms with E-state index < -0.39 is 0 Å². The van der Waals surface area contributed by atoms with E-state index in [1.54, 1.807) is 6.07 Å². The minimum absolute atomic E-state index is 0.0163. The fraction of sp³-hybridized carbons (Fsp3) is 0.571. The van der Waals surface area contributed by atoms with Gasteiger partial charge in [-0.3, -0.25) is 10.1 Å². The molecule has 0 aliphatic rings. The SMILES string of the molecule is CCCN(CC(C)(C)CN)c1ccc([N+](=O)[O-])c(I)c1. The third-order valence-electron chi connectivity index (χ3n) is 3.16. The zero-order valence-corrected chi connectivity index (χ0v) is 14.4. The van der Waals surface area contributed by atoms with E-state index in [2.05, 4.69) is 25.7 Å². The van der Waals surface area contributed by atoms with E-state index in [4.69, 9.17) is 5.73 Å². The number of rotatable bonds is 7. The summed E-state index contributed by atoms with van der Waals surface area (Å²) in [7, 11) is 0. The Hall–Kier alpha value is -0.890. The van der Waals surface area contributed by atoms with Gasteiger partial charge in [0.1, 0.15) is 0 Å². The first-order chi connectivity index (χ1) is 9.30. The van der Waals surface area contributed by atoms with Crippen LogP contribution >= 0.6 is 22.6 Å². The summed E-state index contributed by atoms with van der Waals surface area (Å²) in [6.07, 6.45) is 1.02. The molecule has 0 aliphatic carbocycles. The van der Waals surface area contributed by atoms with E-state index in [0.717, 1.165) is 25.2 Å². The second-order valence-electron chi connectivity index (χ2n) is 5.68. The van der Waals surface area contributed by atoms with Crippen molar-refractivity contribution in [2.45, 2.75) is 27.2 Å². The molecule has 2 N–H and O–H groups in total. The predicted octanol–water partition coefficient (Wildman–Crippen LogP) is 3.40. The fourth-order valence-electron chi connectivity index (χ4n) is 1.99. The molecular weight excluding hydrogens is 369 g/mol. The number of hydrogen-bond acceptors (Lipinski definition) is 4. The average molecular weight is 391 g/mol. The Morgan fingerprint density at radius 2 is 2.10 bits per heavy atom. The third kappa shape index (κ3) is 4.59. The molecule has 20 heavy (non-hydrogen) atoms. The minimum atomic E-state index is -0.348. The van der Waals surface area contributed by atoms with Gasteiger partial charge in [-0.1, -0.05) is 20.8 Å². The van der Waals surface area contributed by atoms with Gasteiger partial charge in [0.15, 0.2) is 0 Å². The van der Waals surface area contributed by atoms with Crippen LogP contribution in [0.2, 0.25) is 0 Å². The molecule has 0 saturated heterocycles. The van der Waals surface area contributed by atoms with Crippen molar-refractivity contribution in [2.24, 2.45) is 11.1 Å². The summed E-state index contributed by atoms with van der Waals surface area (Å²) in [6.45, 7) is 8.75. The van der Waals surface area contributed by atoms with E-state index in [9.17, 15) is 10.1 Å². The molecule has 112 valence electrons. The lowest BCUT2D eigenvalue weighted by Gasteiger charge is -2.33. The molecule has 0 saturated carbocycles. The number of nitro groups is 1. The smallest absolute Gasteiger partial charge is 0.282 e. The highest BCUT2D eigenvalue weighted by Gasteiger charge is 2.21. The van der Waals surface area contributed by atoms with Crippen molar-refractivity contribution >= 4 is 34.0 Å². The second kappa shape index (κ2) is 7.21. The zero-order chi connectivity index (χ0) is 15.3. The first-order valence-electron chi connectivity index (χ1n) is 6.69. The van der Waals surface area contributed by atoms with E-state index in [1.165, 1.54) is 0 Å². The van der Waals surface area contributed by atoms with Gasteiger partial charge < -0.3 is 10.6 Å². The lowest BCUT2D eigenvalue weighted by molar-refractivity contribution is -0.385. The van der Waals surface area contributed by atoms with Gasteiger partial charge in [-0.15, -0.1) is 0 Å². The molecule has 0 aliphatic heterocycles. The van der Waals surface area contributed by atoms with Crippen LogP contribution in [-0.2, 0) is 0 Å². The quantitative estimate of drug-likeness (QED) is 0.439. The van der Waals surface area contributed by atoms with Crippen LogP contribution in [-0.4, -0.2) is 24.6 Å². The summed E-state index contributed by atoms with van der Waals surface area (Å²) in [5.74, 6) is 0. The van der Waals surface area contributed by atoms with Gasteiger partial charge >= 0.3 is 0 Å². The van der Waals surface area contributed by atoms with E-state index >= 15 is 0 Å². The summed E-state index contributed by atoms with van der Waals surface area (Å²) < 4.78 is 0.664. The normalized spacial score (nSPS) is 11.4. The molecular formula is C14H22IN3O2. The Morgan fingerprint density at radius 3 is 2.55 bits per heavy atom. The molecule has 0 bridgehead atoms. The Labute approximate surface area is 133 Å². The van der Waals surface area contributed by atoms with Crippen molar-refractivity contribution < 1.29 is 4.92 Å². The summed E-state index contributed by atoms with van der Waals surface area (Å²) in [4.78, 5) is 12.8. The summed E-state index contributed by atoms with van der Waals surface area (Å²) >= 11 is 2.02. The highest BCUT2D eigenvalue weighted by atomic mass is 127. The topological polar surface area (TPSA) is 72.4 Å². The molecule has 0 heterocycles. The number of nitro benzene ring substituents is 1. The molecule has 6 heteroatoms. The molecule has 0 atom stereocenters. The van der Waals surface area contributed by atoms with E-state index in [1.807, 2.05) is 34.7 Å². The molecule has 1 aromatic rings. The van der Waals surface area contributed by atoms with Crippen LogP contribution in [0.1, 0.15) is 27.2 Å². The van der Waals surface area contributed by atoms with Crippen molar-refractivity contribution in [1.29, 1.82) is 0 Å². The largest absolute Gasteiger partial charge is 0.371 e. The number of anilines is 1. The van der Waals surface area contributed by atoms with Crippen molar-refractivity contribution in [3.63, 3.8) is 0 Å². The molecule has 5 nitrogen and oxygen atoms in total. The van der Waals surface area contributed by atoms with Crippen LogP contribution in [0.25, 0.3) is 0 Å². The van der Waals surface area contributed by atoms with Crippen molar-refractivity contribution in [3.05, 3.63) is 31.9 Å². The van der Waals surface area contributed by atoms with Gasteiger partial charge in [-0.05, 0) is 53.1 Å². The van der Waals surface area contributed by atoms with Crippen molar-refractivity contribution in [3.8, 4) is 0 Å². The van der Waals surface area contributed by atoms with Gasteiger partial charge in [-0.2, -0.15) is 0 Å². The van der Waals surface area contributed by atoms with Gasteiger partial charge in [-0.25, -0.2) is 0 Å². The number of halogens is 1. The summed E-state index contributed by atoms with van der Waals surface area (Å²) in [6, 6.07) is 5.28. The highest BCUT2D eigenvalue weighted by Crippen LogP contribution is 2.28. The van der Waals surface area contributed by atoms with Crippen LogP contribution in [0.4, 0.5) is 11.4 Å². The molecule has 1 rings (SSSR count). The molecule has 0 amide bonds. The van der Waals surface area contributed by atoms with Crippen LogP contribution in [0.5, 0.6) is 0 Å².